The molecule has 2 atom stereocenters. The predicted molar refractivity (Wildman–Crippen MR) is 129 cm³/mol. The number of amides is 1. The maximum Gasteiger partial charge on any atom is 0.311 e. The topological polar surface area (TPSA) is 80.6 Å². The zero-order valence-electron chi connectivity index (χ0n) is 19.3. The second-order valence-electron chi connectivity index (χ2n) is 9.24. The number of nitrogens with zero attached hydrogens (tertiary/aromatic N) is 1. The minimum atomic E-state index is -0.838. The highest BCUT2D eigenvalue weighted by atomic mass is 35.5. The number of aromatic nitrogens is 1. The third-order valence-corrected chi connectivity index (χ3v) is 7.22. The zero-order valence-corrected chi connectivity index (χ0v) is 20.1. The van der Waals surface area contributed by atoms with Crippen LogP contribution in [0.4, 0.5) is 0 Å². The van der Waals surface area contributed by atoms with Gasteiger partial charge in [-0.25, -0.2) is 0 Å². The number of hydrogen-bond acceptors (Lipinski definition) is 3. The first-order valence-corrected chi connectivity index (χ1v) is 11.5. The highest BCUT2D eigenvalue weighted by Crippen LogP contribution is 2.34. The molecule has 1 fully saturated rings. The largest absolute Gasteiger partial charge is 0.481 e. The van der Waals surface area contributed by atoms with E-state index >= 15 is 0 Å². The molecule has 0 spiro atoms. The summed E-state index contributed by atoms with van der Waals surface area (Å²) in [6.07, 6.45) is 0.633. The van der Waals surface area contributed by atoms with Crippen LogP contribution < -0.4 is 5.32 Å². The van der Waals surface area contributed by atoms with Crippen LogP contribution in [0.1, 0.15) is 53.4 Å². The SMILES string of the molecule is Cc1ccc2c(cc(C(=O)NC3(c4ccc(C(C(=O)O)C(C)C)cc4)CCOC3)n2C)c1Cl. The van der Waals surface area contributed by atoms with Crippen molar-refractivity contribution in [2.24, 2.45) is 13.0 Å². The molecule has 0 bridgehead atoms. The Balaban J connectivity index is 1.66. The summed E-state index contributed by atoms with van der Waals surface area (Å²) in [4.78, 5) is 25.1. The average molecular weight is 469 g/mol. The molecule has 6 nitrogen and oxygen atoms in total. The Kier molecular flexibility index (Phi) is 6.25. The van der Waals surface area contributed by atoms with E-state index in [0.717, 1.165) is 27.6 Å². The van der Waals surface area contributed by atoms with Gasteiger partial charge in [0.2, 0.25) is 0 Å². The van der Waals surface area contributed by atoms with Gasteiger partial charge in [-0.2, -0.15) is 0 Å². The van der Waals surface area contributed by atoms with Crippen LogP contribution in [0.25, 0.3) is 10.9 Å². The second kappa shape index (κ2) is 8.84. The van der Waals surface area contributed by atoms with Crippen molar-refractivity contribution >= 4 is 34.4 Å². The molecule has 4 rings (SSSR count). The van der Waals surface area contributed by atoms with E-state index < -0.39 is 17.4 Å². The summed E-state index contributed by atoms with van der Waals surface area (Å²) in [5, 5.41) is 14.3. The van der Waals surface area contributed by atoms with Gasteiger partial charge in [0.1, 0.15) is 5.69 Å². The van der Waals surface area contributed by atoms with Crippen LogP contribution in [0.3, 0.4) is 0 Å². The summed E-state index contributed by atoms with van der Waals surface area (Å²) in [6, 6.07) is 13.2. The lowest BCUT2D eigenvalue weighted by molar-refractivity contribution is -0.139. The molecule has 2 heterocycles. The second-order valence-corrected chi connectivity index (χ2v) is 9.62. The molecule has 174 valence electrons. The van der Waals surface area contributed by atoms with Crippen molar-refractivity contribution in [3.8, 4) is 0 Å². The Hall–Kier alpha value is -2.83. The number of carboxylic acid groups (broad SMARTS) is 1. The van der Waals surface area contributed by atoms with Crippen molar-refractivity contribution in [1.82, 2.24) is 9.88 Å². The molecule has 2 unspecified atom stereocenters. The number of carbonyl (C=O) groups excluding carboxylic acids is 1. The maximum absolute atomic E-state index is 13.4. The van der Waals surface area contributed by atoms with Gasteiger partial charge in [0, 0.05) is 31.0 Å². The molecular weight excluding hydrogens is 440 g/mol. The van der Waals surface area contributed by atoms with Crippen LogP contribution in [-0.4, -0.2) is 34.8 Å². The highest BCUT2D eigenvalue weighted by molar-refractivity contribution is 6.36. The van der Waals surface area contributed by atoms with E-state index in [2.05, 4.69) is 5.32 Å². The van der Waals surface area contributed by atoms with Gasteiger partial charge in [-0.15, -0.1) is 0 Å². The maximum atomic E-state index is 13.4. The van der Waals surface area contributed by atoms with E-state index in [-0.39, 0.29) is 11.8 Å². The Labute approximate surface area is 198 Å². The number of ether oxygens (including phenoxy) is 1. The van der Waals surface area contributed by atoms with Crippen molar-refractivity contribution in [2.75, 3.05) is 13.2 Å². The number of fused-ring (bicyclic) bond motifs is 1. The normalized spacial score (nSPS) is 19.2. The van der Waals surface area contributed by atoms with E-state index in [0.29, 0.717) is 30.4 Å². The zero-order chi connectivity index (χ0) is 23.9. The Morgan fingerprint density at radius 2 is 1.88 bits per heavy atom. The quantitative estimate of drug-likeness (QED) is 0.533. The van der Waals surface area contributed by atoms with Gasteiger partial charge in [-0.05, 0) is 41.7 Å². The first-order chi connectivity index (χ1) is 15.6. The van der Waals surface area contributed by atoms with Crippen LogP contribution in [-0.2, 0) is 22.1 Å². The number of carboxylic acids is 1. The number of nitrogens with one attached hydrogen (secondary N) is 1. The Bertz CT molecular complexity index is 1210. The molecule has 1 saturated heterocycles. The molecule has 1 aromatic heterocycles. The number of aliphatic carboxylic acids is 1. The Morgan fingerprint density at radius 3 is 2.45 bits per heavy atom. The lowest BCUT2D eigenvalue weighted by Gasteiger charge is -2.30. The summed E-state index contributed by atoms with van der Waals surface area (Å²) in [7, 11) is 1.85. The van der Waals surface area contributed by atoms with Gasteiger partial charge < -0.3 is 19.7 Å². The smallest absolute Gasteiger partial charge is 0.311 e. The van der Waals surface area contributed by atoms with Crippen molar-refractivity contribution in [3.05, 3.63) is 69.9 Å². The highest BCUT2D eigenvalue weighted by Gasteiger charge is 2.39. The summed E-state index contributed by atoms with van der Waals surface area (Å²) < 4.78 is 7.54. The Morgan fingerprint density at radius 1 is 1.18 bits per heavy atom. The number of halogens is 1. The molecule has 33 heavy (non-hydrogen) atoms. The molecule has 2 N–H and O–H groups in total. The van der Waals surface area contributed by atoms with Crippen LogP contribution in [0.5, 0.6) is 0 Å². The fraction of sp³-hybridized carbons (Fsp3) is 0.385. The summed E-state index contributed by atoms with van der Waals surface area (Å²) in [6.45, 7) is 6.63. The molecule has 3 aromatic rings. The first kappa shape index (κ1) is 23.3. The van der Waals surface area contributed by atoms with E-state index in [1.54, 1.807) is 0 Å². The minimum absolute atomic E-state index is 0.0289. The van der Waals surface area contributed by atoms with Crippen LogP contribution in [0.15, 0.2) is 42.5 Å². The van der Waals surface area contributed by atoms with Crippen LogP contribution in [0, 0.1) is 12.8 Å². The molecule has 0 saturated carbocycles. The lowest BCUT2D eigenvalue weighted by atomic mass is 9.84. The van der Waals surface area contributed by atoms with E-state index in [4.69, 9.17) is 16.3 Å². The minimum Gasteiger partial charge on any atom is -0.481 e. The van der Waals surface area contributed by atoms with E-state index in [1.807, 2.05) is 74.9 Å². The van der Waals surface area contributed by atoms with Crippen molar-refractivity contribution in [2.45, 2.75) is 38.6 Å². The van der Waals surface area contributed by atoms with Crippen LogP contribution in [0.2, 0.25) is 5.02 Å². The van der Waals surface area contributed by atoms with Gasteiger partial charge in [0.25, 0.3) is 5.91 Å². The number of benzene rings is 2. The van der Waals surface area contributed by atoms with E-state index in [9.17, 15) is 14.7 Å². The van der Waals surface area contributed by atoms with E-state index in [1.165, 1.54) is 0 Å². The molecule has 1 aliphatic heterocycles. The standard InChI is InChI=1S/C26H29ClN2O4/c1-15(2)22(25(31)32)17-6-8-18(9-7-17)26(11-12-33-14-26)28-24(30)21-13-19-20(29(21)4)10-5-16(3)23(19)27/h5-10,13,15,22H,11-12,14H2,1-4H3,(H,28,30)(H,31,32). The molecule has 0 radical (unpaired) electrons. The molecule has 1 amide bonds. The van der Waals surface area contributed by atoms with Crippen molar-refractivity contribution in [3.63, 3.8) is 0 Å². The average Bonchev–Trinajstić information content (AvgIpc) is 3.36. The lowest BCUT2D eigenvalue weighted by Crippen LogP contribution is -2.47. The monoisotopic (exact) mass is 468 g/mol. The van der Waals surface area contributed by atoms with Gasteiger partial charge >= 0.3 is 5.97 Å². The third-order valence-electron chi connectivity index (χ3n) is 6.72. The number of aryl methyl sites for hydroxylation is 2. The van der Waals surface area contributed by atoms with Gasteiger partial charge in [-0.1, -0.05) is 55.8 Å². The van der Waals surface area contributed by atoms with Gasteiger partial charge in [0.15, 0.2) is 0 Å². The summed E-state index contributed by atoms with van der Waals surface area (Å²) in [5.74, 6) is -1.65. The van der Waals surface area contributed by atoms with Crippen molar-refractivity contribution < 1.29 is 19.4 Å². The van der Waals surface area contributed by atoms with Crippen molar-refractivity contribution in [1.29, 1.82) is 0 Å². The first-order valence-electron chi connectivity index (χ1n) is 11.1. The van der Waals surface area contributed by atoms with Crippen LogP contribution >= 0.6 is 11.6 Å². The van der Waals surface area contributed by atoms with Gasteiger partial charge in [0.05, 0.1) is 23.1 Å². The van der Waals surface area contributed by atoms with Gasteiger partial charge in [-0.3, -0.25) is 9.59 Å². The molecule has 0 aliphatic carbocycles. The number of rotatable bonds is 6. The summed E-state index contributed by atoms with van der Waals surface area (Å²) >= 11 is 6.49. The molecule has 1 aliphatic rings. The fourth-order valence-electron chi connectivity index (χ4n) is 4.77. The fourth-order valence-corrected chi connectivity index (χ4v) is 4.98. The predicted octanol–water partition coefficient (Wildman–Crippen LogP) is 5.01. The third kappa shape index (κ3) is 4.13. The summed E-state index contributed by atoms with van der Waals surface area (Å²) in [5.41, 5.74) is 3.35. The number of carbonyl (C=O) groups is 2. The molecule has 7 heteroatoms. The molecule has 2 aromatic carbocycles. The molecular formula is C26H29ClN2O4. The number of hydrogen-bond donors (Lipinski definition) is 2.